The molecule has 2 heterocycles. The molecule has 0 fully saturated rings. The molecule has 1 aliphatic heterocycles. The highest BCUT2D eigenvalue weighted by Crippen LogP contribution is 2.35. The first-order chi connectivity index (χ1) is 13.1. The average molecular weight is 379 g/mol. The van der Waals surface area contributed by atoms with Crippen molar-refractivity contribution in [3.05, 3.63) is 54.1 Å². The van der Waals surface area contributed by atoms with Gasteiger partial charge in [0.1, 0.15) is 5.82 Å². The zero-order valence-electron chi connectivity index (χ0n) is 15.6. The van der Waals surface area contributed by atoms with Crippen molar-refractivity contribution in [2.24, 2.45) is 0 Å². The summed E-state index contributed by atoms with van der Waals surface area (Å²) >= 11 is 1.41. The van der Waals surface area contributed by atoms with Crippen LogP contribution in [0.5, 0.6) is 0 Å². The smallest absolute Gasteiger partial charge is 0.240 e. The zero-order chi connectivity index (χ0) is 19.0. The maximum atomic E-state index is 13.2. The van der Waals surface area contributed by atoms with E-state index in [1.807, 2.05) is 61.3 Å². The summed E-state index contributed by atoms with van der Waals surface area (Å²) in [4.78, 5) is 24.3. The molecule has 1 amide bonds. The molecular formula is C21H22N4OS. The Morgan fingerprint density at radius 1 is 1.19 bits per heavy atom. The Morgan fingerprint density at radius 3 is 2.74 bits per heavy atom. The van der Waals surface area contributed by atoms with E-state index in [0.717, 1.165) is 28.8 Å². The van der Waals surface area contributed by atoms with Crippen molar-refractivity contribution in [1.82, 2.24) is 9.97 Å². The molecule has 138 valence electrons. The van der Waals surface area contributed by atoms with Crippen LogP contribution in [0.2, 0.25) is 0 Å². The van der Waals surface area contributed by atoms with Crippen molar-refractivity contribution in [2.45, 2.75) is 36.7 Å². The van der Waals surface area contributed by atoms with Crippen LogP contribution in [0.15, 0.2) is 53.7 Å². The number of fused-ring (bicyclic) bond motifs is 2. The summed E-state index contributed by atoms with van der Waals surface area (Å²) in [5, 5.41) is 4.44. The van der Waals surface area contributed by atoms with Crippen LogP contribution in [0.1, 0.15) is 19.4 Å². The number of carbonyl (C=O) groups excluding carboxylic acids is 1. The van der Waals surface area contributed by atoms with E-state index in [4.69, 9.17) is 0 Å². The van der Waals surface area contributed by atoms with E-state index in [1.165, 1.54) is 17.3 Å². The van der Waals surface area contributed by atoms with Gasteiger partial charge in [-0.15, -0.1) is 0 Å². The molecule has 2 unspecified atom stereocenters. The molecule has 6 heteroatoms. The molecule has 1 N–H and O–H groups in total. The van der Waals surface area contributed by atoms with E-state index >= 15 is 0 Å². The summed E-state index contributed by atoms with van der Waals surface area (Å²) in [6, 6.07) is 16.2. The molecular weight excluding hydrogens is 356 g/mol. The maximum absolute atomic E-state index is 13.2. The molecule has 2 atom stereocenters. The van der Waals surface area contributed by atoms with Gasteiger partial charge in [0.05, 0.1) is 10.8 Å². The lowest BCUT2D eigenvalue weighted by Crippen LogP contribution is -2.40. The summed E-state index contributed by atoms with van der Waals surface area (Å²) in [5.74, 6) is 0.878. The van der Waals surface area contributed by atoms with Gasteiger partial charge in [0.25, 0.3) is 0 Å². The number of thioether (sulfide) groups is 1. The second-order valence-corrected chi connectivity index (χ2v) is 8.08. The number of anilines is 2. The molecule has 0 radical (unpaired) electrons. The number of hydrogen-bond acceptors (Lipinski definition) is 5. The van der Waals surface area contributed by atoms with Gasteiger partial charge in [-0.25, -0.2) is 9.97 Å². The summed E-state index contributed by atoms with van der Waals surface area (Å²) in [6.07, 6.45) is 0.898. The van der Waals surface area contributed by atoms with Gasteiger partial charge in [0.2, 0.25) is 5.91 Å². The standard InChI is InChI=1S/C21H22N4OS/c1-13-12-15-8-4-7-11-18(15)25(13)20(26)14(2)27-21-23-17-10-6-5-9-16(17)19(22-3)24-21/h4-11,13-14H,12H2,1-3H3,(H,22,23,24). The van der Waals surface area contributed by atoms with Gasteiger partial charge in [-0.05, 0) is 44.0 Å². The highest BCUT2D eigenvalue weighted by molar-refractivity contribution is 8.00. The Balaban J connectivity index is 1.60. The number of para-hydroxylation sites is 2. The number of benzene rings is 2. The van der Waals surface area contributed by atoms with Crippen LogP contribution in [0, 0.1) is 0 Å². The van der Waals surface area contributed by atoms with Crippen molar-refractivity contribution in [2.75, 3.05) is 17.3 Å². The summed E-state index contributed by atoms with van der Waals surface area (Å²) < 4.78 is 0. The summed E-state index contributed by atoms with van der Waals surface area (Å²) in [5.41, 5.74) is 3.13. The lowest BCUT2D eigenvalue weighted by molar-refractivity contribution is -0.118. The maximum Gasteiger partial charge on any atom is 0.240 e. The van der Waals surface area contributed by atoms with Gasteiger partial charge in [0.15, 0.2) is 5.16 Å². The van der Waals surface area contributed by atoms with Crippen LogP contribution in [0.3, 0.4) is 0 Å². The van der Waals surface area contributed by atoms with Gasteiger partial charge in [-0.2, -0.15) is 0 Å². The second kappa shape index (κ2) is 7.19. The van der Waals surface area contributed by atoms with E-state index in [9.17, 15) is 4.79 Å². The lowest BCUT2D eigenvalue weighted by atomic mass is 10.1. The fraction of sp³-hybridized carbons (Fsp3) is 0.286. The van der Waals surface area contributed by atoms with Crippen molar-refractivity contribution < 1.29 is 4.79 Å². The van der Waals surface area contributed by atoms with Crippen molar-refractivity contribution in [3.63, 3.8) is 0 Å². The van der Waals surface area contributed by atoms with Crippen molar-refractivity contribution >= 4 is 40.1 Å². The Hall–Kier alpha value is -2.60. The fourth-order valence-electron chi connectivity index (χ4n) is 3.60. The summed E-state index contributed by atoms with van der Waals surface area (Å²) in [6.45, 7) is 4.03. The zero-order valence-corrected chi connectivity index (χ0v) is 16.5. The molecule has 0 spiro atoms. The predicted octanol–water partition coefficient (Wildman–Crippen LogP) is 4.13. The molecule has 2 aromatic carbocycles. The minimum atomic E-state index is -0.274. The first-order valence-electron chi connectivity index (χ1n) is 9.10. The van der Waals surface area contributed by atoms with E-state index < -0.39 is 0 Å². The molecule has 5 nitrogen and oxygen atoms in total. The number of hydrogen-bond donors (Lipinski definition) is 1. The van der Waals surface area contributed by atoms with Crippen LogP contribution in [-0.2, 0) is 11.2 Å². The van der Waals surface area contributed by atoms with E-state index in [-0.39, 0.29) is 17.2 Å². The first kappa shape index (κ1) is 17.8. The lowest BCUT2D eigenvalue weighted by Gasteiger charge is -2.25. The average Bonchev–Trinajstić information content (AvgIpc) is 3.02. The highest BCUT2D eigenvalue weighted by atomic mass is 32.2. The minimum Gasteiger partial charge on any atom is -0.372 e. The van der Waals surface area contributed by atoms with Crippen LogP contribution < -0.4 is 10.2 Å². The van der Waals surface area contributed by atoms with Gasteiger partial charge < -0.3 is 10.2 Å². The van der Waals surface area contributed by atoms with E-state index in [0.29, 0.717) is 5.16 Å². The Kier molecular flexibility index (Phi) is 4.74. The molecule has 1 aliphatic rings. The van der Waals surface area contributed by atoms with E-state index in [2.05, 4.69) is 28.3 Å². The normalized spacial score (nSPS) is 17.0. The van der Waals surface area contributed by atoms with Crippen LogP contribution in [0.25, 0.3) is 10.9 Å². The molecule has 0 aliphatic carbocycles. The van der Waals surface area contributed by atoms with Crippen LogP contribution >= 0.6 is 11.8 Å². The third kappa shape index (κ3) is 3.25. The van der Waals surface area contributed by atoms with Gasteiger partial charge in [-0.3, -0.25) is 4.79 Å². The van der Waals surface area contributed by atoms with Crippen LogP contribution in [-0.4, -0.2) is 34.2 Å². The number of nitrogens with one attached hydrogen (secondary N) is 1. The second-order valence-electron chi connectivity index (χ2n) is 6.77. The molecule has 4 rings (SSSR count). The van der Waals surface area contributed by atoms with Crippen molar-refractivity contribution in [3.8, 4) is 0 Å². The fourth-order valence-corrected chi connectivity index (χ4v) is 4.43. The monoisotopic (exact) mass is 378 g/mol. The largest absolute Gasteiger partial charge is 0.372 e. The Labute approximate surface area is 163 Å². The van der Waals surface area contributed by atoms with Crippen LogP contribution in [0.4, 0.5) is 11.5 Å². The third-order valence-electron chi connectivity index (χ3n) is 4.89. The predicted molar refractivity (Wildman–Crippen MR) is 111 cm³/mol. The topological polar surface area (TPSA) is 58.1 Å². The number of amides is 1. The number of aromatic nitrogens is 2. The first-order valence-corrected chi connectivity index (χ1v) is 9.98. The molecule has 0 saturated heterocycles. The van der Waals surface area contributed by atoms with Gasteiger partial charge in [0, 0.05) is 24.2 Å². The Morgan fingerprint density at radius 2 is 1.93 bits per heavy atom. The van der Waals surface area contributed by atoms with Crippen molar-refractivity contribution in [1.29, 1.82) is 0 Å². The minimum absolute atomic E-state index is 0.0974. The summed E-state index contributed by atoms with van der Waals surface area (Å²) in [7, 11) is 1.85. The molecule has 3 aromatic rings. The number of nitrogens with zero attached hydrogens (tertiary/aromatic N) is 3. The molecule has 0 bridgehead atoms. The Bertz CT molecular complexity index is 1010. The van der Waals surface area contributed by atoms with Gasteiger partial charge in [-0.1, -0.05) is 42.1 Å². The molecule has 27 heavy (non-hydrogen) atoms. The highest BCUT2D eigenvalue weighted by Gasteiger charge is 2.33. The van der Waals surface area contributed by atoms with E-state index in [1.54, 1.807) is 0 Å². The quantitative estimate of drug-likeness (QED) is 0.546. The SMILES string of the molecule is CNc1nc(SC(C)C(=O)N2c3ccccc3CC2C)nc2ccccc12. The third-order valence-corrected chi connectivity index (χ3v) is 5.84. The molecule has 1 aromatic heterocycles. The molecule has 0 saturated carbocycles. The van der Waals surface area contributed by atoms with Gasteiger partial charge >= 0.3 is 0 Å². The number of rotatable bonds is 4. The number of carbonyl (C=O) groups is 1.